The molecule has 0 atom stereocenters. The number of allylic oxidation sites excluding steroid dienone is 1. The van der Waals surface area contributed by atoms with Crippen LogP contribution in [-0.4, -0.2) is 19.1 Å². The first-order chi connectivity index (χ1) is 10.0. The zero-order valence-corrected chi connectivity index (χ0v) is 13.1. The van der Waals surface area contributed by atoms with Crippen LogP contribution in [0.3, 0.4) is 0 Å². The molecular weight excluding hydrogens is 270 g/mol. The topological polar surface area (TPSA) is 61.6 Å². The fraction of sp³-hybridized carbons (Fsp3) is 0.500. The molecule has 0 bridgehead atoms. The average Bonchev–Trinajstić information content (AvgIpc) is 2.47. The van der Waals surface area contributed by atoms with Crippen molar-refractivity contribution in [2.24, 2.45) is 0 Å². The molecule has 0 saturated heterocycles. The Balaban J connectivity index is 3.17. The number of ether oxygens (including phenoxy) is 2. The van der Waals surface area contributed by atoms with Crippen molar-refractivity contribution >= 4 is 6.08 Å². The molecule has 0 amide bonds. The summed E-state index contributed by atoms with van der Waals surface area (Å²) in [6.07, 6.45) is 5.74. The number of hydrogen-bond acceptors (Lipinski definition) is 4. The average molecular weight is 293 g/mol. The summed E-state index contributed by atoms with van der Waals surface area (Å²) < 4.78 is 10.8. The second kappa shape index (κ2) is 8.29. The Bertz CT molecular complexity index is 498. The molecule has 1 rings (SSSR count). The largest absolute Gasteiger partial charge is 0.496 e. The van der Waals surface area contributed by atoms with Gasteiger partial charge in [0.25, 0.3) is 0 Å². The molecule has 0 aromatic heterocycles. The number of hydrogen-bond donors (Lipinski definition) is 0. The summed E-state index contributed by atoms with van der Waals surface area (Å²) in [4.78, 5) is 10.3. The van der Waals surface area contributed by atoms with Crippen LogP contribution in [0.2, 0.25) is 0 Å². The Hall–Kier alpha value is -2.04. The number of nitro groups is 1. The summed E-state index contributed by atoms with van der Waals surface area (Å²) in [5.74, 6) is 1.43. The second-order valence-corrected chi connectivity index (χ2v) is 4.90. The molecule has 5 nitrogen and oxygen atoms in total. The van der Waals surface area contributed by atoms with Gasteiger partial charge in [-0.3, -0.25) is 10.1 Å². The van der Waals surface area contributed by atoms with Gasteiger partial charge in [-0.05, 0) is 30.5 Å². The fourth-order valence-corrected chi connectivity index (χ4v) is 2.18. The lowest BCUT2D eigenvalue weighted by molar-refractivity contribution is -0.422. The molecule has 0 radical (unpaired) electrons. The number of unbranched alkanes of at least 4 members (excludes halogenated alkanes) is 2. The van der Waals surface area contributed by atoms with Crippen molar-refractivity contribution in [3.8, 4) is 11.5 Å². The lowest BCUT2D eigenvalue weighted by Gasteiger charge is -2.14. The predicted octanol–water partition coefficient (Wildman–Crippen LogP) is 4.07. The molecule has 0 aliphatic rings. The minimum absolute atomic E-state index is 0.0813. The highest BCUT2D eigenvalue weighted by atomic mass is 16.6. The smallest absolute Gasteiger partial charge is 0.243 e. The lowest BCUT2D eigenvalue weighted by atomic mass is 10.0. The SMILES string of the molecule is CCCCCc1c(OC)cc(/C=C(\C)[N+](=O)[O-])cc1OC. The molecule has 5 heteroatoms. The molecule has 0 spiro atoms. The van der Waals surface area contributed by atoms with E-state index in [0.717, 1.165) is 31.2 Å². The zero-order chi connectivity index (χ0) is 15.8. The number of methoxy groups -OCH3 is 2. The van der Waals surface area contributed by atoms with E-state index in [-0.39, 0.29) is 5.70 Å². The molecule has 0 N–H and O–H groups in total. The maximum absolute atomic E-state index is 10.7. The van der Waals surface area contributed by atoms with Crippen LogP contribution in [0.1, 0.15) is 44.2 Å². The highest BCUT2D eigenvalue weighted by Crippen LogP contribution is 2.33. The van der Waals surface area contributed by atoms with Gasteiger partial charge < -0.3 is 9.47 Å². The van der Waals surface area contributed by atoms with Gasteiger partial charge in [-0.25, -0.2) is 0 Å². The number of rotatable bonds is 8. The standard InChI is InChI=1S/C16H23NO4/c1-5-6-7-8-14-15(20-3)10-13(11-16(14)21-4)9-12(2)17(18)19/h9-11H,5-8H2,1-4H3/b12-9+. The first-order valence-electron chi connectivity index (χ1n) is 7.11. The minimum atomic E-state index is -0.409. The Morgan fingerprint density at radius 1 is 1.24 bits per heavy atom. The van der Waals surface area contributed by atoms with Crippen molar-refractivity contribution in [3.63, 3.8) is 0 Å². The van der Waals surface area contributed by atoms with Crippen LogP contribution in [0.25, 0.3) is 6.08 Å². The van der Waals surface area contributed by atoms with Crippen molar-refractivity contribution in [1.29, 1.82) is 0 Å². The highest BCUT2D eigenvalue weighted by molar-refractivity contribution is 5.59. The Kier molecular flexibility index (Phi) is 6.72. The van der Waals surface area contributed by atoms with Crippen LogP contribution in [0.15, 0.2) is 17.8 Å². The van der Waals surface area contributed by atoms with Gasteiger partial charge in [0.2, 0.25) is 5.70 Å². The van der Waals surface area contributed by atoms with Crippen molar-refractivity contribution in [1.82, 2.24) is 0 Å². The summed E-state index contributed by atoms with van der Waals surface area (Å²) in [5, 5.41) is 10.7. The number of nitrogens with zero attached hydrogens (tertiary/aromatic N) is 1. The van der Waals surface area contributed by atoms with Gasteiger partial charge in [0.1, 0.15) is 11.5 Å². The summed E-state index contributed by atoms with van der Waals surface area (Å²) in [5.41, 5.74) is 1.80. The zero-order valence-electron chi connectivity index (χ0n) is 13.1. The lowest BCUT2D eigenvalue weighted by Crippen LogP contribution is -1.99. The molecule has 1 aromatic carbocycles. The van der Waals surface area contributed by atoms with Gasteiger partial charge >= 0.3 is 0 Å². The third kappa shape index (κ3) is 4.77. The van der Waals surface area contributed by atoms with Crippen molar-refractivity contribution in [3.05, 3.63) is 39.1 Å². The van der Waals surface area contributed by atoms with E-state index >= 15 is 0 Å². The highest BCUT2D eigenvalue weighted by Gasteiger charge is 2.13. The molecule has 0 unspecified atom stereocenters. The molecule has 0 saturated carbocycles. The van der Waals surface area contributed by atoms with Crippen LogP contribution in [-0.2, 0) is 6.42 Å². The molecular formula is C16H23NO4. The van der Waals surface area contributed by atoms with Crippen molar-refractivity contribution in [2.75, 3.05) is 14.2 Å². The van der Waals surface area contributed by atoms with E-state index in [1.807, 2.05) is 12.1 Å². The molecule has 21 heavy (non-hydrogen) atoms. The van der Waals surface area contributed by atoms with E-state index in [4.69, 9.17) is 9.47 Å². The third-order valence-electron chi connectivity index (χ3n) is 3.32. The van der Waals surface area contributed by atoms with Crippen LogP contribution < -0.4 is 9.47 Å². The van der Waals surface area contributed by atoms with Crippen molar-refractivity contribution < 1.29 is 14.4 Å². The van der Waals surface area contributed by atoms with Gasteiger partial charge in [-0.15, -0.1) is 0 Å². The number of benzene rings is 1. The van der Waals surface area contributed by atoms with E-state index in [2.05, 4.69) is 6.92 Å². The maximum Gasteiger partial charge on any atom is 0.243 e. The van der Waals surface area contributed by atoms with E-state index < -0.39 is 4.92 Å². The van der Waals surface area contributed by atoms with E-state index in [1.54, 1.807) is 14.2 Å². The quantitative estimate of drug-likeness (QED) is 0.412. The first kappa shape index (κ1) is 17.0. The Morgan fingerprint density at radius 3 is 2.24 bits per heavy atom. The van der Waals surface area contributed by atoms with Gasteiger partial charge in [-0.1, -0.05) is 19.8 Å². The van der Waals surface area contributed by atoms with E-state index in [1.165, 1.54) is 13.0 Å². The van der Waals surface area contributed by atoms with Gasteiger partial charge in [0, 0.05) is 18.6 Å². The monoisotopic (exact) mass is 293 g/mol. The summed E-state index contributed by atoms with van der Waals surface area (Å²) in [6, 6.07) is 3.63. The molecule has 0 aliphatic heterocycles. The third-order valence-corrected chi connectivity index (χ3v) is 3.32. The van der Waals surface area contributed by atoms with Gasteiger partial charge in [-0.2, -0.15) is 0 Å². The summed E-state index contributed by atoms with van der Waals surface area (Å²) in [6.45, 7) is 3.62. The summed E-state index contributed by atoms with van der Waals surface area (Å²) in [7, 11) is 3.21. The van der Waals surface area contributed by atoms with Crippen LogP contribution >= 0.6 is 0 Å². The van der Waals surface area contributed by atoms with Gasteiger partial charge in [0.05, 0.1) is 19.1 Å². The molecule has 0 aliphatic carbocycles. The Morgan fingerprint density at radius 2 is 1.81 bits per heavy atom. The Labute approximate surface area is 125 Å². The van der Waals surface area contributed by atoms with Gasteiger partial charge in [0.15, 0.2) is 0 Å². The second-order valence-electron chi connectivity index (χ2n) is 4.90. The predicted molar refractivity (Wildman–Crippen MR) is 83.4 cm³/mol. The minimum Gasteiger partial charge on any atom is -0.496 e. The molecule has 0 heterocycles. The maximum atomic E-state index is 10.7. The van der Waals surface area contributed by atoms with E-state index in [0.29, 0.717) is 17.1 Å². The van der Waals surface area contributed by atoms with E-state index in [9.17, 15) is 10.1 Å². The van der Waals surface area contributed by atoms with Crippen LogP contribution in [0.5, 0.6) is 11.5 Å². The fourth-order valence-electron chi connectivity index (χ4n) is 2.18. The molecule has 116 valence electrons. The molecule has 0 fully saturated rings. The summed E-state index contributed by atoms with van der Waals surface area (Å²) >= 11 is 0. The van der Waals surface area contributed by atoms with Crippen LogP contribution in [0.4, 0.5) is 0 Å². The first-order valence-corrected chi connectivity index (χ1v) is 7.11. The van der Waals surface area contributed by atoms with Crippen molar-refractivity contribution in [2.45, 2.75) is 39.5 Å². The normalized spacial score (nSPS) is 11.3. The van der Waals surface area contributed by atoms with Crippen LogP contribution in [0, 0.1) is 10.1 Å². The molecule has 1 aromatic rings.